The van der Waals surface area contributed by atoms with E-state index in [1.807, 2.05) is 38.1 Å². The zero-order chi connectivity index (χ0) is 19.9. The van der Waals surface area contributed by atoms with Crippen molar-refractivity contribution in [1.82, 2.24) is 15.0 Å². The van der Waals surface area contributed by atoms with Gasteiger partial charge in [0.2, 0.25) is 5.95 Å². The van der Waals surface area contributed by atoms with Crippen molar-refractivity contribution >= 4 is 11.8 Å². The lowest BCUT2D eigenvalue weighted by Gasteiger charge is -2.20. The van der Waals surface area contributed by atoms with E-state index in [0.29, 0.717) is 24.0 Å². The Labute approximate surface area is 163 Å². The molecule has 0 bridgehead atoms. The average molecular weight is 381 g/mol. The van der Waals surface area contributed by atoms with E-state index >= 15 is 0 Å². The molecule has 6 nitrogen and oxygen atoms in total. The van der Waals surface area contributed by atoms with E-state index in [1.54, 1.807) is 18.5 Å². The molecule has 1 atom stereocenters. The first kappa shape index (κ1) is 19.7. The molecule has 146 valence electrons. The van der Waals surface area contributed by atoms with Crippen LogP contribution in [0.25, 0.3) is 11.3 Å². The Morgan fingerprint density at radius 2 is 1.96 bits per heavy atom. The number of nitrogens with zero attached hydrogens (tertiary/aromatic N) is 3. The standard InChI is InChI=1S/C21H24FN5O/c1-14(2)19(13-28)26-21-25-18(16-6-4-8-23-12-16)10-20(27-21)24-11-15-5-3-7-17(22)9-15/h3-10,12,14,19,28H,11,13H2,1-2H3,(H2,24,25,26,27)/t19-/m0/s1. The summed E-state index contributed by atoms with van der Waals surface area (Å²) >= 11 is 0. The number of nitrogens with one attached hydrogen (secondary N) is 2. The highest BCUT2D eigenvalue weighted by atomic mass is 19.1. The van der Waals surface area contributed by atoms with Crippen LogP contribution in [0.3, 0.4) is 0 Å². The van der Waals surface area contributed by atoms with Gasteiger partial charge in [-0.1, -0.05) is 26.0 Å². The largest absolute Gasteiger partial charge is 0.394 e. The van der Waals surface area contributed by atoms with Crippen LogP contribution in [0, 0.1) is 11.7 Å². The van der Waals surface area contributed by atoms with Gasteiger partial charge in [0.1, 0.15) is 11.6 Å². The maximum absolute atomic E-state index is 13.4. The van der Waals surface area contributed by atoms with Gasteiger partial charge in [0.05, 0.1) is 18.3 Å². The van der Waals surface area contributed by atoms with Crippen LogP contribution < -0.4 is 10.6 Å². The number of benzene rings is 1. The van der Waals surface area contributed by atoms with Crippen molar-refractivity contribution in [1.29, 1.82) is 0 Å². The molecular weight excluding hydrogens is 357 g/mol. The van der Waals surface area contributed by atoms with Crippen molar-refractivity contribution < 1.29 is 9.50 Å². The van der Waals surface area contributed by atoms with Crippen molar-refractivity contribution in [2.24, 2.45) is 5.92 Å². The van der Waals surface area contributed by atoms with E-state index in [-0.39, 0.29) is 24.4 Å². The molecule has 28 heavy (non-hydrogen) atoms. The fraction of sp³-hybridized carbons (Fsp3) is 0.286. The number of aliphatic hydroxyl groups is 1. The minimum atomic E-state index is -0.275. The number of hydrogen-bond donors (Lipinski definition) is 3. The van der Waals surface area contributed by atoms with Crippen LogP contribution in [0.15, 0.2) is 54.9 Å². The summed E-state index contributed by atoms with van der Waals surface area (Å²) in [5, 5.41) is 16.0. The van der Waals surface area contributed by atoms with Crippen molar-refractivity contribution in [2.45, 2.75) is 26.4 Å². The number of halogens is 1. The van der Waals surface area contributed by atoms with Crippen LogP contribution in [0.5, 0.6) is 0 Å². The van der Waals surface area contributed by atoms with E-state index in [4.69, 9.17) is 0 Å². The van der Waals surface area contributed by atoms with E-state index in [2.05, 4.69) is 25.6 Å². The summed E-state index contributed by atoms with van der Waals surface area (Å²) in [4.78, 5) is 13.2. The van der Waals surface area contributed by atoms with E-state index in [0.717, 1.165) is 11.1 Å². The highest BCUT2D eigenvalue weighted by Gasteiger charge is 2.15. The molecule has 0 saturated heterocycles. The normalized spacial score (nSPS) is 12.0. The molecule has 3 aromatic rings. The molecule has 0 aliphatic heterocycles. The molecule has 0 unspecified atom stereocenters. The Bertz CT molecular complexity index is 904. The molecule has 2 heterocycles. The summed E-state index contributed by atoms with van der Waals surface area (Å²) in [6.45, 7) is 4.43. The fourth-order valence-corrected chi connectivity index (χ4v) is 2.69. The van der Waals surface area contributed by atoms with Gasteiger partial charge in [-0.2, -0.15) is 4.98 Å². The third kappa shape index (κ3) is 5.23. The molecule has 7 heteroatoms. The van der Waals surface area contributed by atoms with Gasteiger partial charge in [-0.3, -0.25) is 4.98 Å². The summed E-state index contributed by atoms with van der Waals surface area (Å²) in [6, 6.07) is 11.8. The Balaban J connectivity index is 1.88. The molecule has 0 saturated carbocycles. The van der Waals surface area contributed by atoms with Crippen molar-refractivity contribution in [3.8, 4) is 11.3 Å². The minimum absolute atomic E-state index is 0.0236. The van der Waals surface area contributed by atoms with Crippen LogP contribution >= 0.6 is 0 Å². The molecule has 0 radical (unpaired) electrons. The zero-order valence-corrected chi connectivity index (χ0v) is 15.9. The van der Waals surface area contributed by atoms with Gasteiger partial charge in [0.25, 0.3) is 0 Å². The van der Waals surface area contributed by atoms with E-state index < -0.39 is 0 Å². The molecule has 3 N–H and O–H groups in total. The topological polar surface area (TPSA) is 83.0 Å². The molecule has 1 aromatic carbocycles. The number of pyridine rings is 1. The maximum Gasteiger partial charge on any atom is 0.225 e. The Morgan fingerprint density at radius 3 is 2.64 bits per heavy atom. The average Bonchev–Trinajstić information content (AvgIpc) is 2.71. The maximum atomic E-state index is 13.4. The fourth-order valence-electron chi connectivity index (χ4n) is 2.69. The molecular formula is C21H24FN5O. The number of aliphatic hydroxyl groups excluding tert-OH is 1. The molecule has 0 aliphatic rings. The molecule has 2 aromatic heterocycles. The van der Waals surface area contributed by atoms with Crippen LogP contribution in [-0.4, -0.2) is 32.7 Å². The second-order valence-corrected chi connectivity index (χ2v) is 6.86. The Hall–Kier alpha value is -3.06. The molecule has 3 rings (SSSR count). The lowest BCUT2D eigenvalue weighted by Crippen LogP contribution is -2.30. The second kappa shape index (κ2) is 9.23. The highest BCUT2D eigenvalue weighted by molar-refractivity contribution is 5.63. The summed E-state index contributed by atoms with van der Waals surface area (Å²) < 4.78 is 13.4. The first-order valence-electron chi connectivity index (χ1n) is 9.20. The van der Waals surface area contributed by atoms with Crippen molar-refractivity contribution in [3.05, 3.63) is 66.2 Å². The number of aromatic nitrogens is 3. The predicted octanol–water partition coefficient (Wildman–Crippen LogP) is 3.72. The van der Waals surface area contributed by atoms with Crippen LogP contribution in [0.1, 0.15) is 19.4 Å². The quantitative estimate of drug-likeness (QED) is 0.552. The molecule has 0 fully saturated rings. The Morgan fingerprint density at radius 1 is 1.11 bits per heavy atom. The van der Waals surface area contributed by atoms with Gasteiger partial charge in [0.15, 0.2) is 0 Å². The predicted molar refractivity (Wildman–Crippen MR) is 108 cm³/mol. The van der Waals surface area contributed by atoms with Gasteiger partial charge < -0.3 is 15.7 Å². The van der Waals surface area contributed by atoms with Gasteiger partial charge in [-0.15, -0.1) is 0 Å². The van der Waals surface area contributed by atoms with E-state index in [9.17, 15) is 9.50 Å². The molecule has 0 amide bonds. The SMILES string of the molecule is CC(C)[C@H](CO)Nc1nc(NCc2cccc(F)c2)cc(-c2cccnc2)n1. The number of hydrogen-bond acceptors (Lipinski definition) is 6. The van der Waals surface area contributed by atoms with Crippen LogP contribution in [0.4, 0.5) is 16.2 Å². The first-order valence-corrected chi connectivity index (χ1v) is 9.20. The smallest absolute Gasteiger partial charge is 0.225 e. The summed E-state index contributed by atoms with van der Waals surface area (Å²) in [7, 11) is 0. The third-order valence-electron chi connectivity index (χ3n) is 4.36. The Kier molecular flexibility index (Phi) is 6.49. The summed E-state index contributed by atoms with van der Waals surface area (Å²) in [6.07, 6.45) is 3.43. The van der Waals surface area contributed by atoms with E-state index in [1.165, 1.54) is 12.1 Å². The van der Waals surface area contributed by atoms with Gasteiger partial charge >= 0.3 is 0 Å². The van der Waals surface area contributed by atoms with Crippen molar-refractivity contribution in [3.63, 3.8) is 0 Å². The van der Waals surface area contributed by atoms with Gasteiger partial charge in [0, 0.05) is 30.6 Å². The number of anilines is 2. The molecule has 0 spiro atoms. The highest BCUT2D eigenvalue weighted by Crippen LogP contribution is 2.22. The lowest BCUT2D eigenvalue weighted by molar-refractivity contribution is 0.248. The number of rotatable bonds is 8. The van der Waals surface area contributed by atoms with Crippen LogP contribution in [0.2, 0.25) is 0 Å². The van der Waals surface area contributed by atoms with Crippen molar-refractivity contribution in [2.75, 3.05) is 17.2 Å². The van der Waals surface area contributed by atoms with Gasteiger partial charge in [-0.25, -0.2) is 9.37 Å². The van der Waals surface area contributed by atoms with Gasteiger partial charge in [-0.05, 0) is 35.7 Å². The monoisotopic (exact) mass is 381 g/mol. The zero-order valence-electron chi connectivity index (χ0n) is 15.9. The summed E-state index contributed by atoms with van der Waals surface area (Å²) in [5.74, 6) is 0.944. The van der Waals surface area contributed by atoms with Crippen LogP contribution in [-0.2, 0) is 6.54 Å². The summed E-state index contributed by atoms with van der Waals surface area (Å²) in [5.41, 5.74) is 2.37. The minimum Gasteiger partial charge on any atom is -0.394 e. The lowest BCUT2D eigenvalue weighted by atomic mass is 10.1. The molecule has 0 aliphatic carbocycles. The first-order chi connectivity index (χ1) is 13.5. The second-order valence-electron chi connectivity index (χ2n) is 6.86. The third-order valence-corrected chi connectivity index (χ3v) is 4.36.